The summed E-state index contributed by atoms with van der Waals surface area (Å²) in [5.74, 6) is 1.08. The fraction of sp³-hybridized carbons (Fsp3) is 0.643. The van der Waals surface area contributed by atoms with Crippen molar-refractivity contribution in [3.8, 4) is 5.88 Å². The Hall–Kier alpha value is -2.05. The summed E-state index contributed by atoms with van der Waals surface area (Å²) in [7, 11) is 0. The maximum absolute atomic E-state index is 11.9. The summed E-state index contributed by atoms with van der Waals surface area (Å²) in [4.78, 5) is 21.9. The fourth-order valence-corrected chi connectivity index (χ4v) is 2.25. The molecule has 1 aromatic rings. The SMILES string of the molecule is CCCOc1ncnc(NCCC(=O)N2CCCC2)c1N. The lowest BCUT2D eigenvalue weighted by molar-refractivity contribution is -0.129. The maximum atomic E-state index is 11.9. The van der Waals surface area contributed by atoms with Gasteiger partial charge in [-0.05, 0) is 19.3 Å². The number of rotatable bonds is 7. The lowest BCUT2D eigenvalue weighted by Crippen LogP contribution is -2.29. The van der Waals surface area contributed by atoms with Gasteiger partial charge < -0.3 is 20.7 Å². The van der Waals surface area contributed by atoms with E-state index in [4.69, 9.17) is 10.5 Å². The average molecular weight is 293 g/mol. The zero-order chi connectivity index (χ0) is 15.1. The van der Waals surface area contributed by atoms with Crippen LogP contribution in [-0.4, -0.2) is 47.0 Å². The maximum Gasteiger partial charge on any atom is 0.242 e. The summed E-state index contributed by atoms with van der Waals surface area (Å²) in [5, 5.41) is 3.08. The molecular weight excluding hydrogens is 270 g/mol. The van der Waals surface area contributed by atoms with Crippen LogP contribution in [0.15, 0.2) is 6.33 Å². The molecule has 0 saturated carbocycles. The van der Waals surface area contributed by atoms with Crippen molar-refractivity contribution in [3.63, 3.8) is 0 Å². The number of nitrogen functional groups attached to an aromatic ring is 1. The first-order valence-electron chi connectivity index (χ1n) is 7.47. The third-order valence-corrected chi connectivity index (χ3v) is 3.38. The first-order chi connectivity index (χ1) is 10.2. The number of hydrogen-bond acceptors (Lipinski definition) is 6. The molecule has 1 fully saturated rings. The van der Waals surface area contributed by atoms with E-state index < -0.39 is 0 Å². The minimum atomic E-state index is 0.176. The van der Waals surface area contributed by atoms with E-state index in [-0.39, 0.29) is 5.91 Å². The molecule has 1 aliphatic rings. The molecule has 116 valence electrons. The van der Waals surface area contributed by atoms with E-state index in [0.717, 1.165) is 32.4 Å². The highest BCUT2D eigenvalue weighted by molar-refractivity contribution is 5.77. The molecule has 1 aliphatic heterocycles. The number of likely N-dealkylation sites (tertiary alicyclic amines) is 1. The lowest BCUT2D eigenvalue weighted by Gasteiger charge is -2.16. The molecule has 7 heteroatoms. The van der Waals surface area contributed by atoms with Gasteiger partial charge in [0.2, 0.25) is 11.8 Å². The van der Waals surface area contributed by atoms with Crippen molar-refractivity contribution in [1.82, 2.24) is 14.9 Å². The second kappa shape index (κ2) is 7.66. The minimum absolute atomic E-state index is 0.176. The molecule has 0 bridgehead atoms. The molecule has 0 aromatic carbocycles. The van der Waals surface area contributed by atoms with E-state index in [0.29, 0.717) is 37.0 Å². The smallest absolute Gasteiger partial charge is 0.242 e. The molecule has 7 nitrogen and oxygen atoms in total. The summed E-state index contributed by atoms with van der Waals surface area (Å²) in [6, 6.07) is 0. The Balaban J connectivity index is 1.83. The van der Waals surface area contributed by atoms with Gasteiger partial charge in [0.05, 0.1) is 6.61 Å². The first-order valence-corrected chi connectivity index (χ1v) is 7.47. The quantitative estimate of drug-likeness (QED) is 0.786. The molecular formula is C14H23N5O2. The number of nitrogens with two attached hydrogens (primary N) is 1. The monoisotopic (exact) mass is 293 g/mol. The Kier molecular flexibility index (Phi) is 5.59. The molecule has 0 unspecified atom stereocenters. The molecule has 21 heavy (non-hydrogen) atoms. The Morgan fingerprint density at radius 3 is 2.90 bits per heavy atom. The van der Waals surface area contributed by atoms with E-state index in [1.54, 1.807) is 0 Å². The third kappa shape index (κ3) is 4.21. The zero-order valence-electron chi connectivity index (χ0n) is 12.5. The highest BCUT2D eigenvalue weighted by atomic mass is 16.5. The van der Waals surface area contributed by atoms with Crippen LogP contribution in [0.25, 0.3) is 0 Å². The largest absolute Gasteiger partial charge is 0.476 e. The van der Waals surface area contributed by atoms with Crippen molar-refractivity contribution >= 4 is 17.4 Å². The second-order valence-corrected chi connectivity index (χ2v) is 5.05. The van der Waals surface area contributed by atoms with Crippen molar-refractivity contribution in [2.75, 3.05) is 37.3 Å². The summed E-state index contributed by atoms with van der Waals surface area (Å²) < 4.78 is 5.44. The first kappa shape index (κ1) is 15.3. The van der Waals surface area contributed by atoms with E-state index in [1.807, 2.05) is 11.8 Å². The van der Waals surface area contributed by atoms with Gasteiger partial charge in [-0.3, -0.25) is 4.79 Å². The number of anilines is 2. The molecule has 1 amide bonds. The Bertz CT molecular complexity index is 474. The summed E-state index contributed by atoms with van der Waals surface area (Å²) in [5.41, 5.74) is 6.34. The van der Waals surface area contributed by atoms with Crippen LogP contribution >= 0.6 is 0 Å². The third-order valence-electron chi connectivity index (χ3n) is 3.38. The van der Waals surface area contributed by atoms with Crippen LogP contribution in [0.3, 0.4) is 0 Å². The van der Waals surface area contributed by atoms with Crippen LogP contribution in [0.5, 0.6) is 5.88 Å². The van der Waals surface area contributed by atoms with Crippen molar-refractivity contribution < 1.29 is 9.53 Å². The predicted molar refractivity (Wildman–Crippen MR) is 81.2 cm³/mol. The van der Waals surface area contributed by atoms with Crippen LogP contribution < -0.4 is 15.8 Å². The number of hydrogen-bond donors (Lipinski definition) is 2. The molecule has 1 saturated heterocycles. The number of aromatic nitrogens is 2. The summed E-state index contributed by atoms with van der Waals surface area (Å²) in [6.45, 7) is 4.84. The van der Waals surface area contributed by atoms with Crippen molar-refractivity contribution in [2.24, 2.45) is 0 Å². The van der Waals surface area contributed by atoms with Crippen LogP contribution in [0.1, 0.15) is 32.6 Å². The van der Waals surface area contributed by atoms with Crippen LogP contribution in [-0.2, 0) is 4.79 Å². The zero-order valence-corrected chi connectivity index (χ0v) is 12.5. The molecule has 2 heterocycles. The van der Waals surface area contributed by atoms with Crippen LogP contribution in [0.2, 0.25) is 0 Å². The summed E-state index contributed by atoms with van der Waals surface area (Å²) in [6.07, 6.45) is 4.95. The Morgan fingerprint density at radius 1 is 1.43 bits per heavy atom. The van der Waals surface area contributed by atoms with Gasteiger partial charge in [-0.25, -0.2) is 4.98 Å². The van der Waals surface area contributed by atoms with Crippen molar-refractivity contribution in [2.45, 2.75) is 32.6 Å². The highest BCUT2D eigenvalue weighted by Crippen LogP contribution is 2.24. The average Bonchev–Trinajstić information content (AvgIpc) is 3.02. The standard InChI is InChI=1S/C14H23N5O2/c1-2-9-21-14-12(15)13(17-10-18-14)16-6-5-11(20)19-7-3-4-8-19/h10H,2-9,15H2,1H3,(H,16,17,18). The lowest BCUT2D eigenvalue weighted by atomic mass is 10.3. The highest BCUT2D eigenvalue weighted by Gasteiger charge is 2.17. The van der Waals surface area contributed by atoms with Gasteiger partial charge >= 0.3 is 0 Å². The van der Waals surface area contributed by atoms with Gasteiger partial charge in [-0.15, -0.1) is 0 Å². The molecule has 2 rings (SSSR count). The molecule has 0 aliphatic carbocycles. The Labute approximate surface area is 124 Å². The number of nitrogens with one attached hydrogen (secondary N) is 1. The molecule has 0 atom stereocenters. The van der Waals surface area contributed by atoms with Gasteiger partial charge in [-0.2, -0.15) is 4.98 Å². The number of amides is 1. The van der Waals surface area contributed by atoms with E-state index in [1.165, 1.54) is 6.33 Å². The molecule has 1 aromatic heterocycles. The van der Waals surface area contributed by atoms with Gasteiger partial charge in [0, 0.05) is 26.1 Å². The number of carbonyl (C=O) groups excluding carboxylic acids is 1. The fourth-order valence-electron chi connectivity index (χ4n) is 2.25. The molecule has 0 radical (unpaired) electrons. The van der Waals surface area contributed by atoms with Crippen LogP contribution in [0, 0.1) is 0 Å². The number of ether oxygens (including phenoxy) is 1. The van der Waals surface area contributed by atoms with Crippen molar-refractivity contribution in [1.29, 1.82) is 0 Å². The topological polar surface area (TPSA) is 93.4 Å². The van der Waals surface area contributed by atoms with E-state index >= 15 is 0 Å². The summed E-state index contributed by atoms with van der Waals surface area (Å²) >= 11 is 0. The van der Waals surface area contributed by atoms with Gasteiger partial charge in [0.25, 0.3) is 0 Å². The minimum Gasteiger partial charge on any atom is -0.476 e. The van der Waals surface area contributed by atoms with Gasteiger partial charge in [0.1, 0.15) is 12.0 Å². The van der Waals surface area contributed by atoms with Gasteiger partial charge in [-0.1, -0.05) is 6.92 Å². The van der Waals surface area contributed by atoms with Crippen LogP contribution in [0.4, 0.5) is 11.5 Å². The molecule has 3 N–H and O–H groups in total. The van der Waals surface area contributed by atoms with E-state index in [9.17, 15) is 4.79 Å². The normalized spacial score (nSPS) is 14.2. The Morgan fingerprint density at radius 2 is 2.19 bits per heavy atom. The molecule has 0 spiro atoms. The predicted octanol–water partition coefficient (Wildman–Crippen LogP) is 1.27. The number of carbonyl (C=O) groups is 1. The van der Waals surface area contributed by atoms with Gasteiger partial charge in [0.15, 0.2) is 5.82 Å². The number of nitrogens with zero attached hydrogens (tertiary/aromatic N) is 3. The second-order valence-electron chi connectivity index (χ2n) is 5.05. The van der Waals surface area contributed by atoms with Crippen molar-refractivity contribution in [3.05, 3.63) is 6.33 Å². The van der Waals surface area contributed by atoms with E-state index in [2.05, 4.69) is 15.3 Å².